The Bertz CT molecular complexity index is 290. The maximum absolute atomic E-state index is 8.98. The van der Waals surface area contributed by atoms with Gasteiger partial charge in [-0.05, 0) is 31.4 Å². The first-order valence-corrected chi connectivity index (χ1v) is 4.76. The van der Waals surface area contributed by atoms with E-state index in [1.54, 1.807) is 18.3 Å². The minimum absolute atomic E-state index is 0.474. The standard InChI is InChI=1S/C9H15BN2O2/c1-3-12(4-2)9-7-8(10(13)14)5-6-11-9/h5-7,13-14H,3-4H2,1-2H3. The fourth-order valence-corrected chi connectivity index (χ4v) is 1.32. The fourth-order valence-electron chi connectivity index (χ4n) is 1.32. The average molecular weight is 194 g/mol. The summed E-state index contributed by atoms with van der Waals surface area (Å²) in [4.78, 5) is 6.22. The highest BCUT2D eigenvalue weighted by molar-refractivity contribution is 6.58. The molecule has 0 saturated carbocycles. The van der Waals surface area contributed by atoms with Crippen molar-refractivity contribution in [3.63, 3.8) is 0 Å². The van der Waals surface area contributed by atoms with E-state index in [4.69, 9.17) is 10.0 Å². The molecule has 0 aliphatic carbocycles. The van der Waals surface area contributed by atoms with Crippen LogP contribution >= 0.6 is 0 Å². The number of rotatable bonds is 4. The summed E-state index contributed by atoms with van der Waals surface area (Å²) in [6.45, 7) is 5.78. The third-order valence-corrected chi connectivity index (χ3v) is 2.16. The second-order valence-corrected chi connectivity index (χ2v) is 2.99. The molecule has 0 aliphatic heterocycles. The number of hydrogen-bond acceptors (Lipinski definition) is 4. The van der Waals surface area contributed by atoms with Gasteiger partial charge in [-0.15, -0.1) is 0 Å². The lowest BCUT2D eigenvalue weighted by Crippen LogP contribution is -2.32. The van der Waals surface area contributed by atoms with Gasteiger partial charge in [0.2, 0.25) is 0 Å². The van der Waals surface area contributed by atoms with Crippen LogP contribution < -0.4 is 10.4 Å². The van der Waals surface area contributed by atoms with Gasteiger partial charge in [-0.3, -0.25) is 0 Å². The maximum atomic E-state index is 8.98. The third-order valence-electron chi connectivity index (χ3n) is 2.16. The van der Waals surface area contributed by atoms with Crippen molar-refractivity contribution in [3.8, 4) is 0 Å². The smallest absolute Gasteiger partial charge is 0.423 e. The lowest BCUT2D eigenvalue weighted by molar-refractivity contribution is 0.425. The van der Waals surface area contributed by atoms with E-state index in [2.05, 4.69) is 4.98 Å². The Labute approximate surface area is 84.4 Å². The summed E-state index contributed by atoms with van der Waals surface area (Å²) in [5, 5.41) is 18.0. The average Bonchev–Trinajstić information content (AvgIpc) is 2.20. The van der Waals surface area contributed by atoms with E-state index in [9.17, 15) is 0 Å². The molecule has 1 rings (SSSR count). The van der Waals surface area contributed by atoms with Gasteiger partial charge >= 0.3 is 7.12 Å². The molecule has 0 unspecified atom stereocenters. The van der Waals surface area contributed by atoms with Crippen molar-refractivity contribution in [2.24, 2.45) is 0 Å². The monoisotopic (exact) mass is 194 g/mol. The summed E-state index contributed by atoms with van der Waals surface area (Å²) in [6.07, 6.45) is 1.59. The van der Waals surface area contributed by atoms with Crippen LogP contribution in [0.25, 0.3) is 0 Å². The van der Waals surface area contributed by atoms with Crippen LogP contribution in [0.1, 0.15) is 13.8 Å². The molecule has 0 aromatic carbocycles. The van der Waals surface area contributed by atoms with Crippen LogP contribution in [0.3, 0.4) is 0 Å². The van der Waals surface area contributed by atoms with E-state index in [-0.39, 0.29) is 0 Å². The SMILES string of the molecule is CCN(CC)c1cc(B(O)O)ccn1. The first-order chi connectivity index (χ1) is 6.69. The minimum Gasteiger partial charge on any atom is -0.423 e. The molecule has 0 aliphatic rings. The zero-order chi connectivity index (χ0) is 10.6. The minimum atomic E-state index is -1.42. The Hall–Kier alpha value is -1.07. The summed E-state index contributed by atoms with van der Waals surface area (Å²) in [5.74, 6) is 0.778. The number of hydrogen-bond donors (Lipinski definition) is 2. The van der Waals surface area contributed by atoms with E-state index in [0.717, 1.165) is 18.9 Å². The molecule has 0 bridgehead atoms. The molecule has 5 heteroatoms. The van der Waals surface area contributed by atoms with Crippen molar-refractivity contribution in [1.82, 2.24) is 4.98 Å². The molecule has 1 heterocycles. The highest BCUT2D eigenvalue weighted by atomic mass is 16.4. The van der Waals surface area contributed by atoms with Crippen molar-refractivity contribution < 1.29 is 10.0 Å². The van der Waals surface area contributed by atoms with Crippen molar-refractivity contribution in [2.75, 3.05) is 18.0 Å². The summed E-state index contributed by atoms with van der Waals surface area (Å²) >= 11 is 0. The van der Waals surface area contributed by atoms with Gasteiger partial charge in [0.25, 0.3) is 0 Å². The topological polar surface area (TPSA) is 56.6 Å². The highest BCUT2D eigenvalue weighted by Gasteiger charge is 2.12. The number of nitrogens with zero attached hydrogens (tertiary/aromatic N) is 2. The molecule has 76 valence electrons. The van der Waals surface area contributed by atoms with Crippen molar-refractivity contribution in [3.05, 3.63) is 18.3 Å². The zero-order valence-corrected chi connectivity index (χ0v) is 8.51. The molecule has 1 aromatic rings. The quantitative estimate of drug-likeness (QED) is 0.640. The fraction of sp³-hybridized carbons (Fsp3) is 0.444. The summed E-state index contributed by atoms with van der Waals surface area (Å²) in [5.41, 5.74) is 0.474. The van der Waals surface area contributed by atoms with E-state index in [0.29, 0.717) is 5.46 Å². The number of anilines is 1. The Morgan fingerprint density at radius 3 is 2.50 bits per heavy atom. The van der Waals surface area contributed by atoms with Gasteiger partial charge in [0.15, 0.2) is 0 Å². The zero-order valence-electron chi connectivity index (χ0n) is 8.51. The molecule has 0 atom stereocenters. The van der Waals surface area contributed by atoms with Crippen LogP contribution in [0, 0.1) is 0 Å². The van der Waals surface area contributed by atoms with E-state index in [1.165, 1.54) is 0 Å². The predicted octanol–water partition coefficient (Wildman–Crippen LogP) is -0.392. The van der Waals surface area contributed by atoms with Crippen LogP contribution in [0.4, 0.5) is 5.82 Å². The largest absolute Gasteiger partial charge is 0.488 e. The van der Waals surface area contributed by atoms with E-state index < -0.39 is 7.12 Å². The van der Waals surface area contributed by atoms with Crippen molar-refractivity contribution >= 4 is 18.4 Å². The van der Waals surface area contributed by atoms with Gasteiger partial charge in [0, 0.05) is 19.3 Å². The van der Waals surface area contributed by atoms with Crippen LogP contribution in [0.5, 0.6) is 0 Å². The molecule has 0 fully saturated rings. The van der Waals surface area contributed by atoms with Crippen LogP contribution in [0.2, 0.25) is 0 Å². The maximum Gasteiger partial charge on any atom is 0.488 e. The van der Waals surface area contributed by atoms with Crippen LogP contribution in [-0.2, 0) is 0 Å². The second kappa shape index (κ2) is 4.98. The van der Waals surface area contributed by atoms with E-state index >= 15 is 0 Å². The molecule has 0 amide bonds. The highest BCUT2D eigenvalue weighted by Crippen LogP contribution is 2.06. The first-order valence-electron chi connectivity index (χ1n) is 4.76. The Kier molecular flexibility index (Phi) is 3.91. The summed E-state index contributed by atoms with van der Waals surface area (Å²) < 4.78 is 0. The first kappa shape index (κ1) is 11.0. The van der Waals surface area contributed by atoms with Crippen LogP contribution in [-0.4, -0.2) is 35.2 Å². The number of pyridine rings is 1. The molecular weight excluding hydrogens is 179 g/mol. The van der Waals surface area contributed by atoms with Gasteiger partial charge in [-0.2, -0.15) is 0 Å². The molecule has 0 saturated heterocycles. The second-order valence-electron chi connectivity index (χ2n) is 2.99. The predicted molar refractivity (Wildman–Crippen MR) is 57.6 cm³/mol. The van der Waals surface area contributed by atoms with Crippen molar-refractivity contribution in [1.29, 1.82) is 0 Å². The molecule has 2 N–H and O–H groups in total. The van der Waals surface area contributed by atoms with Crippen LogP contribution in [0.15, 0.2) is 18.3 Å². The van der Waals surface area contributed by atoms with Gasteiger partial charge in [0.05, 0.1) is 0 Å². The summed E-state index contributed by atoms with van der Waals surface area (Å²) in [6, 6.07) is 3.29. The van der Waals surface area contributed by atoms with Gasteiger partial charge in [-0.1, -0.05) is 0 Å². The number of aromatic nitrogens is 1. The normalized spacial score (nSPS) is 10.0. The molecule has 14 heavy (non-hydrogen) atoms. The third kappa shape index (κ3) is 2.46. The van der Waals surface area contributed by atoms with Gasteiger partial charge in [-0.25, -0.2) is 4.98 Å². The lowest BCUT2D eigenvalue weighted by atomic mass is 9.81. The molecule has 4 nitrogen and oxygen atoms in total. The van der Waals surface area contributed by atoms with Gasteiger partial charge in [0.1, 0.15) is 5.82 Å². The molecule has 1 aromatic heterocycles. The Morgan fingerprint density at radius 1 is 1.36 bits per heavy atom. The Morgan fingerprint density at radius 2 is 2.00 bits per heavy atom. The van der Waals surface area contributed by atoms with Gasteiger partial charge < -0.3 is 14.9 Å². The molecule has 0 radical (unpaired) electrons. The molecule has 0 spiro atoms. The Balaban J connectivity index is 2.92. The summed E-state index contributed by atoms with van der Waals surface area (Å²) in [7, 11) is -1.42. The van der Waals surface area contributed by atoms with E-state index in [1.807, 2.05) is 18.7 Å². The lowest BCUT2D eigenvalue weighted by Gasteiger charge is -2.19. The van der Waals surface area contributed by atoms with Crippen molar-refractivity contribution in [2.45, 2.75) is 13.8 Å². The molecular formula is C9H15BN2O2.